The van der Waals surface area contributed by atoms with Gasteiger partial charge in [0, 0.05) is 64.2 Å². The quantitative estimate of drug-likeness (QED) is 0.349. The molecule has 14 heteroatoms. The molecule has 0 saturated carbocycles. The first-order valence-electron chi connectivity index (χ1n) is 11.9. The van der Waals surface area contributed by atoms with Crippen molar-refractivity contribution in [2.75, 3.05) is 45.5 Å². The zero-order valence-corrected chi connectivity index (χ0v) is 22.4. The number of rotatable bonds is 8. The van der Waals surface area contributed by atoms with Gasteiger partial charge in [-0.05, 0) is 29.3 Å². The van der Waals surface area contributed by atoms with E-state index in [1.165, 1.54) is 56.4 Å². The molecule has 0 bridgehead atoms. The summed E-state index contributed by atoms with van der Waals surface area (Å²) in [6.45, 7) is 1.16. The van der Waals surface area contributed by atoms with Crippen LogP contribution in [0.3, 0.4) is 0 Å². The highest BCUT2D eigenvalue weighted by molar-refractivity contribution is 7.90. The van der Waals surface area contributed by atoms with Gasteiger partial charge in [0.05, 0.1) is 12.2 Å². The summed E-state index contributed by atoms with van der Waals surface area (Å²) in [5, 5.41) is 3.47. The van der Waals surface area contributed by atoms with Gasteiger partial charge in [0.2, 0.25) is 5.91 Å². The van der Waals surface area contributed by atoms with Crippen LogP contribution in [0.1, 0.15) is 16.7 Å². The molecule has 1 fully saturated rings. The van der Waals surface area contributed by atoms with Crippen molar-refractivity contribution in [1.82, 2.24) is 19.8 Å². The molecular weight excluding hydrogens is 533 g/mol. The van der Waals surface area contributed by atoms with Crippen LogP contribution in [0, 0.1) is 5.82 Å². The molecule has 0 atom stereocenters. The lowest BCUT2D eigenvalue weighted by Gasteiger charge is -2.28. The van der Waals surface area contributed by atoms with E-state index in [0.29, 0.717) is 24.0 Å². The molecule has 0 unspecified atom stereocenters. The van der Waals surface area contributed by atoms with Crippen molar-refractivity contribution in [3.8, 4) is 5.75 Å². The second kappa shape index (κ2) is 11.4. The van der Waals surface area contributed by atoms with Gasteiger partial charge in [-0.1, -0.05) is 12.1 Å². The van der Waals surface area contributed by atoms with Crippen LogP contribution in [-0.4, -0.2) is 71.0 Å². The fourth-order valence-electron chi connectivity index (χ4n) is 4.08. The normalized spacial score (nSPS) is 13.9. The Morgan fingerprint density at radius 1 is 1.21 bits per heavy atom. The summed E-state index contributed by atoms with van der Waals surface area (Å²) in [6, 6.07) is 8.69. The summed E-state index contributed by atoms with van der Waals surface area (Å²) >= 11 is 0. The van der Waals surface area contributed by atoms with E-state index < -0.39 is 27.7 Å². The van der Waals surface area contributed by atoms with Crippen LogP contribution < -0.4 is 25.1 Å². The minimum absolute atomic E-state index is 0.0439. The fraction of sp³-hybridized carbons (Fsp3) is 0.320. The molecule has 2 aromatic carbocycles. The first-order chi connectivity index (χ1) is 18.5. The van der Waals surface area contributed by atoms with E-state index in [1.807, 2.05) is 4.72 Å². The third-order valence-electron chi connectivity index (χ3n) is 6.16. The van der Waals surface area contributed by atoms with Crippen molar-refractivity contribution < 1.29 is 31.6 Å². The molecule has 0 radical (unpaired) electrons. The molecule has 1 aliphatic heterocycles. The number of carbonyl (C=O) groups is 2. The number of nitrogens with one attached hydrogen (secondary N) is 3. The maximum Gasteiger partial charge on any atom is 0.414 e. The molecule has 1 aliphatic rings. The molecule has 12 nitrogen and oxygen atoms in total. The van der Waals surface area contributed by atoms with E-state index in [9.17, 15) is 22.8 Å². The number of fused-ring (bicyclic) bond motifs is 1. The largest absolute Gasteiger partial charge is 0.422 e. The topological polar surface area (TPSA) is 150 Å². The zero-order valence-electron chi connectivity index (χ0n) is 21.5. The van der Waals surface area contributed by atoms with Crippen LogP contribution in [0.5, 0.6) is 5.75 Å². The Bertz CT molecular complexity index is 1590. The first kappa shape index (κ1) is 28.0. The molecule has 4 rings (SSSR count). The van der Waals surface area contributed by atoms with Crippen LogP contribution in [0.4, 0.5) is 14.9 Å². The smallest absolute Gasteiger partial charge is 0.414 e. The summed E-state index contributed by atoms with van der Waals surface area (Å²) in [5.41, 5.74) is -0.333. The minimum atomic E-state index is -3.98. The maximum atomic E-state index is 15.3. The van der Waals surface area contributed by atoms with E-state index >= 15 is 4.39 Å². The zero-order chi connectivity index (χ0) is 28.3. The summed E-state index contributed by atoms with van der Waals surface area (Å²) in [6.07, 6.45) is -0.851. The van der Waals surface area contributed by atoms with Gasteiger partial charge in [0.1, 0.15) is 11.3 Å². The molecule has 1 saturated heterocycles. The van der Waals surface area contributed by atoms with Gasteiger partial charge in [-0.25, -0.2) is 18.7 Å². The Kier molecular flexibility index (Phi) is 8.18. The average molecular weight is 562 g/mol. The molecule has 2 amide bonds. The minimum Gasteiger partial charge on any atom is -0.422 e. The predicted molar refractivity (Wildman–Crippen MR) is 141 cm³/mol. The van der Waals surface area contributed by atoms with Crippen molar-refractivity contribution in [2.24, 2.45) is 0 Å². The van der Waals surface area contributed by atoms with Crippen molar-refractivity contribution in [1.29, 1.82) is 0 Å². The Labute approximate surface area is 223 Å². The number of amides is 2. The van der Waals surface area contributed by atoms with Gasteiger partial charge in [0.15, 0.2) is 5.82 Å². The number of nitrogens with zero attached hydrogens (tertiary/aromatic N) is 2. The number of hydrogen-bond acceptors (Lipinski definition) is 8. The summed E-state index contributed by atoms with van der Waals surface area (Å²) in [5.74, 6) is -0.873. The molecule has 3 aromatic rings. The fourth-order valence-corrected chi connectivity index (χ4v) is 4.63. The molecule has 3 N–H and O–H groups in total. The van der Waals surface area contributed by atoms with Crippen LogP contribution in [0.15, 0.2) is 45.6 Å². The summed E-state index contributed by atoms with van der Waals surface area (Å²) < 4.78 is 54.1. The van der Waals surface area contributed by atoms with Gasteiger partial charge < -0.3 is 24.3 Å². The number of anilines is 1. The number of ether oxygens (including phenoxy) is 1. The van der Waals surface area contributed by atoms with Crippen LogP contribution >= 0.6 is 0 Å². The summed E-state index contributed by atoms with van der Waals surface area (Å²) in [4.78, 5) is 40.6. The van der Waals surface area contributed by atoms with E-state index in [0.717, 1.165) is 0 Å². The molecule has 0 spiro atoms. The van der Waals surface area contributed by atoms with E-state index in [-0.39, 0.29) is 53.6 Å². The second-order valence-corrected chi connectivity index (χ2v) is 10.6. The Morgan fingerprint density at radius 3 is 2.67 bits per heavy atom. The maximum absolute atomic E-state index is 15.3. The molecule has 0 aliphatic carbocycles. The Hall–Kier alpha value is -4.01. The third-order valence-corrected chi connectivity index (χ3v) is 7.18. The number of halogens is 1. The van der Waals surface area contributed by atoms with Crippen molar-refractivity contribution >= 4 is 38.9 Å². The van der Waals surface area contributed by atoms with Crippen LogP contribution in [0.25, 0.3) is 11.0 Å². The molecular formula is C25H28FN5O7S. The lowest BCUT2D eigenvalue weighted by Crippen LogP contribution is -2.47. The van der Waals surface area contributed by atoms with Crippen molar-refractivity contribution in [3.05, 3.63) is 69.3 Å². The Balaban J connectivity index is 1.81. The highest BCUT2D eigenvalue weighted by Gasteiger charge is 2.24. The van der Waals surface area contributed by atoms with Crippen molar-refractivity contribution in [3.63, 3.8) is 0 Å². The summed E-state index contributed by atoms with van der Waals surface area (Å²) in [7, 11) is 0.247. The standard InChI is InChI=1S/C25H28FN5O7S/c1-27-39(35,36)29-20-6-4-5-15(23(20)26)11-18-19(14-31-10-9-28-13-22(31)32)17-8-7-16(37-25(34)30(2)3)12-21(17)38-24(18)33/h4-8,12,27-29H,9-11,13-14H2,1-3H3. The van der Waals surface area contributed by atoms with E-state index in [4.69, 9.17) is 9.15 Å². The average Bonchev–Trinajstić information content (AvgIpc) is 2.89. The van der Waals surface area contributed by atoms with Crippen LogP contribution in [-0.2, 0) is 28.0 Å². The number of hydrogen-bond donors (Lipinski definition) is 3. The molecule has 2 heterocycles. The highest BCUT2D eigenvalue weighted by atomic mass is 32.2. The second-order valence-electron chi connectivity index (χ2n) is 9.02. The SMILES string of the molecule is CNS(=O)(=O)Nc1cccc(Cc2c(CN3CCNCC3=O)c3ccc(OC(=O)N(C)C)cc3oc2=O)c1F. The third kappa shape index (κ3) is 6.35. The number of piperazine rings is 1. The lowest BCUT2D eigenvalue weighted by atomic mass is 9.97. The van der Waals surface area contributed by atoms with Gasteiger partial charge in [-0.3, -0.25) is 9.52 Å². The highest BCUT2D eigenvalue weighted by Crippen LogP contribution is 2.29. The molecule has 208 valence electrons. The van der Waals surface area contributed by atoms with Crippen LogP contribution in [0.2, 0.25) is 0 Å². The van der Waals surface area contributed by atoms with Gasteiger partial charge >= 0.3 is 11.7 Å². The van der Waals surface area contributed by atoms with Crippen molar-refractivity contribution in [2.45, 2.75) is 13.0 Å². The number of benzene rings is 2. The van der Waals surface area contributed by atoms with Gasteiger partial charge in [-0.2, -0.15) is 8.42 Å². The predicted octanol–water partition coefficient (Wildman–Crippen LogP) is 1.39. The number of carbonyl (C=O) groups excluding carboxylic acids is 2. The van der Waals surface area contributed by atoms with Gasteiger partial charge in [0.25, 0.3) is 10.2 Å². The molecule has 1 aromatic heterocycles. The van der Waals surface area contributed by atoms with E-state index in [1.54, 1.807) is 11.0 Å². The lowest BCUT2D eigenvalue weighted by molar-refractivity contribution is -0.132. The van der Waals surface area contributed by atoms with Gasteiger partial charge in [-0.15, -0.1) is 0 Å². The monoisotopic (exact) mass is 561 g/mol. The molecule has 39 heavy (non-hydrogen) atoms. The Morgan fingerprint density at radius 2 is 1.97 bits per heavy atom. The van der Waals surface area contributed by atoms with E-state index in [2.05, 4.69) is 10.0 Å². The first-order valence-corrected chi connectivity index (χ1v) is 13.4.